The first-order chi connectivity index (χ1) is 9.67. The Bertz CT molecular complexity index is 508. The first-order valence-electron chi connectivity index (χ1n) is 7.65. The molecule has 0 bridgehead atoms. The fourth-order valence-electron chi connectivity index (χ4n) is 2.70. The van der Waals surface area contributed by atoms with E-state index in [1.807, 2.05) is 12.1 Å². The molecule has 0 heterocycles. The SMILES string of the molecule is CO[C@H]1c2c(Cl)cccc2CCC1O[Si](C)(C)C(C)(C)C. The zero-order valence-electron chi connectivity index (χ0n) is 14.0. The third kappa shape index (κ3) is 3.36. The van der Waals surface area contributed by atoms with Crippen molar-refractivity contribution in [3.63, 3.8) is 0 Å². The van der Waals surface area contributed by atoms with E-state index in [4.69, 9.17) is 20.8 Å². The smallest absolute Gasteiger partial charge is 0.192 e. The second-order valence-corrected chi connectivity index (χ2v) is 12.6. The predicted octanol–water partition coefficient (Wildman–Crippen LogP) is 5.36. The highest BCUT2D eigenvalue weighted by atomic mass is 35.5. The minimum absolute atomic E-state index is 0.0587. The molecule has 1 unspecified atom stereocenters. The highest BCUT2D eigenvalue weighted by molar-refractivity contribution is 6.74. The van der Waals surface area contributed by atoms with Crippen molar-refractivity contribution in [1.29, 1.82) is 0 Å². The lowest BCUT2D eigenvalue weighted by Gasteiger charge is -2.43. The molecule has 0 spiro atoms. The van der Waals surface area contributed by atoms with Gasteiger partial charge in [0.1, 0.15) is 6.10 Å². The molecule has 4 heteroatoms. The zero-order chi connectivity index (χ0) is 15.8. The Labute approximate surface area is 134 Å². The van der Waals surface area contributed by atoms with Crippen molar-refractivity contribution in [2.24, 2.45) is 0 Å². The average molecular weight is 327 g/mol. The Hall–Kier alpha value is -0.353. The molecule has 0 amide bonds. The minimum Gasteiger partial charge on any atom is -0.411 e. The van der Waals surface area contributed by atoms with Crippen molar-refractivity contribution in [2.75, 3.05) is 7.11 Å². The van der Waals surface area contributed by atoms with E-state index in [0.717, 1.165) is 23.4 Å². The molecule has 0 radical (unpaired) electrons. The van der Waals surface area contributed by atoms with Gasteiger partial charge in [-0.15, -0.1) is 0 Å². The van der Waals surface area contributed by atoms with Gasteiger partial charge in [-0.3, -0.25) is 0 Å². The third-order valence-electron chi connectivity index (χ3n) is 4.97. The monoisotopic (exact) mass is 326 g/mol. The van der Waals surface area contributed by atoms with E-state index >= 15 is 0 Å². The Morgan fingerprint density at radius 3 is 2.48 bits per heavy atom. The van der Waals surface area contributed by atoms with Crippen molar-refractivity contribution in [1.82, 2.24) is 0 Å². The van der Waals surface area contributed by atoms with Gasteiger partial charge >= 0.3 is 0 Å². The molecule has 0 aromatic heterocycles. The molecule has 0 saturated carbocycles. The van der Waals surface area contributed by atoms with Crippen LogP contribution >= 0.6 is 11.6 Å². The fraction of sp³-hybridized carbons (Fsp3) is 0.647. The van der Waals surface area contributed by atoms with Crippen molar-refractivity contribution in [3.05, 3.63) is 34.3 Å². The summed E-state index contributed by atoms with van der Waals surface area (Å²) >= 11 is 6.42. The van der Waals surface area contributed by atoms with Crippen molar-refractivity contribution in [3.8, 4) is 0 Å². The van der Waals surface area contributed by atoms with Gasteiger partial charge in [0.2, 0.25) is 0 Å². The molecule has 1 aromatic carbocycles. The van der Waals surface area contributed by atoms with Crippen LogP contribution in [0.4, 0.5) is 0 Å². The largest absolute Gasteiger partial charge is 0.411 e. The first kappa shape index (κ1) is 17.0. The van der Waals surface area contributed by atoms with Crippen LogP contribution in [0, 0.1) is 0 Å². The highest BCUT2D eigenvalue weighted by Gasteiger charge is 2.42. The summed E-state index contributed by atoms with van der Waals surface area (Å²) in [6.45, 7) is 11.4. The maximum Gasteiger partial charge on any atom is 0.192 e. The number of benzene rings is 1. The number of ether oxygens (including phenoxy) is 1. The number of aryl methyl sites for hydroxylation is 1. The standard InChI is InChI=1S/C17H27ClO2Si/c1-17(2,3)21(5,6)20-14-11-10-12-8-7-9-13(18)15(12)16(14)19-4/h7-9,14,16H,10-11H2,1-6H3/t14?,16-/m1/s1. The molecule has 0 aliphatic heterocycles. The Balaban J connectivity index is 2.30. The van der Waals surface area contributed by atoms with E-state index in [2.05, 4.69) is 39.9 Å². The van der Waals surface area contributed by atoms with E-state index in [-0.39, 0.29) is 17.2 Å². The summed E-state index contributed by atoms with van der Waals surface area (Å²) < 4.78 is 12.4. The van der Waals surface area contributed by atoms with Crippen LogP contribution in [-0.2, 0) is 15.6 Å². The molecule has 2 rings (SSSR count). The van der Waals surface area contributed by atoms with Crippen LogP contribution < -0.4 is 0 Å². The summed E-state index contributed by atoms with van der Waals surface area (Å²) in [7, 11) is -0.0570. The number of rotatable bonds is 3. The van der Waals surface area contributed by atoms with E-state index in [9.17, 15) is 0 Å². The number of methoxy groups -OCH3 is 1. The van der Waals surface area contributed by atoms with Gasteiger partial charge < -0.3 is 9.16 Å². The van der Waals surface area contributed by atoms with E-state index in [0.29, 0.717) is 0 Å². The van der Waals surface area contributed by atoms with Crippen LogP contribution in [0.3, 0.4) is 0 Å². The molecule has 1 aliphatic carbocycles. The van der Waals surface area contributed by atoms with E-state index in [1.165, 1.54) is 5.56 Å². The molecule has 118 valence electrons. The Morgan fingerprint density at radius 1 is 1.24 bits per heavy atom. The minimum atomic E-state index is -1.81. The maximum atomic E-state index is 6.61. The van der Waals surface area contributed by atoms with E-state index in [1.54, 1.807) is 7.11 Å². The predicted molar refractivity (Wildman–Crippen MR) is 91.6 cm³/mol. The van der Waals surface area contributed by atoms with Crippen LogP contribution in [0.5, 0.6) is 0 Å². The van der Waals surface area contributed by atoms with Crippen molar-refractivity contribution in [2.45, 2.75) is 64.0 Å². The Kier molecular flexibility index (Phi) is 4.89. The summed E-state index contributed by atoms with van der Waals surface area (Å²) in [5.74, 6) is 0. The van der Waals surface area contributed by atoms with Gasteiger partial charge in [0.25, 0.3) is 0 Å². The third-order valence-corrected chi connectivity index (χ3v) is 9.80. The Morgan fingerprint density at radius 2 is 1.90 bits per heavy atom. The molecule has 0 N–H and O–H groups in total. The molecule has 1 aromatic rings. The zero-order valence-corrected chi connectivity index (χ0v) is 15.8. The molecule has 1 aliphatic rings. The number of hydrogen-bond acceptors (Lipinski definition) is 2. The first-order valence-corrected chi connectivity index (χ1v) is 10.9. The highest BCUT2D eigenvalue weighted by Crippen LogP contribution is 2.43. The van der Waals surface area contributed by atoms with Gasteiger partial charge in [-0.1, -0.05) is 44.5 Å². The van der Waals surface area contributed by atoms with Gasteiger partial charge in [-0.25, -0.2) is 0 Å². The maximum absolute atomic E-state index is 6.61. The summed E-state index contributed by atoms with van der Waals surface area (Å²) in [5, 5.41) is 0.995. The van der Waals surface area contributed by atoms with Gasteiger partial charge in [0.15, 0.2) is 8.32 Å². The molecule has 0 saturated heterocycles. The topological polar surface area (TPSA) is 18.5 Å². The molecular formula is C17H27ClO2Si. The van der Waals surface area contributed by atoms with Gasteiger partial charge in [-0.2, -0.15) is 0 Å². The second-order valence-electron chi connectivity index (χ2n) is 7.42. The molecule has 21 heavy (non-hydrogen) atoms. The number of hydrogen-bond donors (Lipinski definition) is 0. The fourth-order valence-corrected chi connectivity index (χ4v) is 4.35. The normalized spacial score (nSPS) is 23.0. The molecule has 2 nitrogen and oxygen atoms in total. The van der Waals surface area contributed by atoms with Crippen LogP contribution in [0.2, 0.25) is 23.2 Å². The van der Waals surface area contributed by atoms with E-state index < -0.39 is 8.32 Å². The lowest BCUT2D eigenvalue weighted by atomic mass is 9.87. The van der Waals surface area contributed by atoms with Crippen molar-refractivity contribution < 1.29 is 9.16 Å². The average Bonchev–Trinajstić information content (AvgIpc) is 2.37. The summed E-state index contributed by atoms with van der Waals surface area (Å²) in [6, 6.07) is 6.11. The number of halogens is 1. The summed E-state index contributed by atoms with van der Waals surface area (Å²) in [6.07, 6.45) is 2.05. The number of fused-ring (bicyclic) bond motifs is 1. The lowest BCUT2D eigenvalue weighted by Crippen LogP contribution is -2.46. The van der Waals surface area contributed by atoms with Crippen LogP contribution in [0.1, 0.15) is 44.4 Å². The quantitative estimate of drug-likeness (QED) is 0.696. The van der Waals surface area contributed by atoms with Crippen LogP contribution in [0.25, 0.3) is 0 Å². The summed E-state index contributed by atoms with van der Waals surface area (Å²) in [5.41, 5.74) is 2.42. The second kappa shape index (κ2) is 6.03. The lowest BCUT2D eigenvalue weighted by molar-refractivity contribution is -0.0163. The summed E-state index contributed by atoms with van der Waals surface area (Å²) in [4.78, 5) is 0. The van der Waals surface area contributed by atoms with Gasteiger partial charge in [0.05, 0.1) is 6.10 Å². The molecular weight excluding hydrogens is 300 g/mol. The molecule has 0 fully saturated rings. The molecule has 2 atom stereocenters. The van der Waals surface area contributed by atoms with Crippen molar-refractivity contribution >= 4 is 19.9 Å². The van der Waals surface area contributed by atoms with Gasteiger partial charge in [0, 0.05) is 17.7 Å². The van der Waals surface area contributed by atoms with Gasteiger partial charge in [-0.05, 0) is 42.6 Å². The van der Waals surface area contributed by atoms with Crippen LogP contribution in [-0.4, -0.2) is 21.5 Å². The van der Waals surface area contributed by atoms with Crippen LogP contribution in [0.15, 0.2) is 18.2 Å².